The highest BCUT2D eigenvalue weighted by Crippen LogP contribution is 2.31. The van der Waals surface area contributed by atoms with Crippen molar-refractivity contribution in [2.45, 2.75) is 61.8 Å². The number of rotatable bonds is 5. The highest BCUT2D eigenvalue weighted by atomic mass is 127. The number of guanidine groups is 1. The number of nitrogens with zero attached hydrogens (tertiary/aromatic N) is 2. The lowest BCUT2D eigenvalue weighted by atomic mass is 9.88. The molecule has 146 valence electrons. The van der Waals surface area contributed by atoms with Crippen molar-refractivity contribution in [1.29, 1.82) is 0 Å². The number of aliphatic imine (C=N–C) groups is 1. The van der Waals surface area contributed by atoms with Crippen LogP contribution in [0.25, 0.3) is 0 Å². The fraction of sp³-hybridized carbons (Fsp3) is 0.944. The number of likely N-dealkylation sites (tertiary alicyclic amines) is 1. The summed E-state index contributed by atoms with van der Waals surface area (Å²) in [5.41, 5.74) is 0.254. The first-order valence-corrected chi connectivity index (χ1v) is 10.9. The molecule has 3 rings (SSSR count). The van der Waals surface area contributed by atoms with Crippen LogP contribution in [-0.4, -0.2) is 73.8 Å². The summed E-state index contributed by atoms with van der Waals surface area (Å²) in [6, 6.07) is 0.575. The van der Waals surface area contributed by atoms with Crippen LogP contribution in [0.1, 0.15) is 44.9 Å². The zero-order valence-electron chi connectivity index (χ0n) is 15.8. The topological polar surface area (TPSA) is 48.9 Å². The van der Waals surface area contributed by atoms with Gasteiger partial charge in [-0.2, -0.15) is 11.8 Å². The fourth-order valence-corrected chi connectivity index (χ4v) is 5.27. The van der Waals surface area contributed by atoms with E-state index in [-0.39, 0.29) is 29.5 Å². The molecule has 2 heterocycles. The lowest BCUT2D eigenvalue weighted by Crippen LogP contribution is -2.59. The van der Waals surface area contributed by atoms with E-state index in [1.165, 1.54) is 45.2 Å². The van der Waals surface area contributed by atoms with Gasteiger partial charge in [0.25, 0.3) is 0 Å². The Kier molecular flexibility index (Phi) is 9.11. The van der Waals surface area contributed by atoms with Crippen LogP contribution in [-0.2, 0) is 4.74 Å². The van der Waals surface area contributed by atoms with Gasteiger partial charge >= 0.3 is 0 Å². The summed E-state index contributed by atoms with van der Waals surface area (Å²) >= 11 is 2.00. The van der Waals surface area contributed by atoms with E-state index in [0.717, 1.165) is 43.8 Å². The van der Waals surface area contributed by atoms with Crippen molar-refractivity contribution < 1.29 is 4.74 Å². The molecule has 1 saturated carbocycles. The molecule has 7 heteroatoms. The SMILES string of the molecule is CN=C(NCC1(N2CCCC2)CCOCC1)NC1CCC(SC)C1.I. The van der Waals surface area contributed by atoms with E-state index in [0.29, 0.717) is 6.04 Å². The van der Waals surface area contributed by atoms with Gasteiger partial charge in [0, 0.05) is 43.6 Å². The van der Waals surface area contributed by atoms with Gasteiger partial charge in [0.05, 0.1) is 0 Å². The molecule has 2 N–H and O–H groups in total. The van der Waals surface area contributed by atoms with Crippen LogP contribution in [0.5, 0.6) is 0 Å². The number of nitrogens with one attached hydrogen (secondary N) is 2. The quantitative estimate of drug-likeness (QED) is 0.359. The molecule has 0 aromatic carbocycles. The molecule has 0 spiro atoms. The van der Waals surface area contributed by atoms with E-state index >= 15 is 0 Å². The second-order valence-electron chi connectivity index (χ2n) is 7.47. The van der Waals surface area contributed by atoms with E-state index < -0.39 is 0 Å². The second-order valence-corrected chi connectivity index (χ2v) is 8.61. The molecule has 1 aliphatic carbocycles. The molecule has 2 saturated heterocycles. The standard InChI is InChI=1S/C18H34N4OS.HI/c1-19-17(21-15-5-6-16(13-15)24-2)20-14-18(7-11-23-12-8-18)22-9-3-4-10-22;/h15-16H,3-14H2,1-2H3,(H2,19,20,21);1H. The normalized spacial score (nSPS) is 30.1. The van der Waals surface area contributed by atoms with Gasteiger partial charge in [-0.3, -0.25) is 9.89 Å². The average molecular weight is 482 g/mol. The van der Waals surface area contributed by atoms with Crippen molar-refractivity contribution in [3.8, 4) is 0 Å². The first-order chi connectivity index (χ1) is 11.8. The zero-order chi connectivity index (χ0) is 16.8. The summed E-state index contributed by atoms with van der Waals surface area (Å²) < 4.78 is 5.65. The van der Waals surface area contributed by atoms with Gasteiger partial charge in [-0.25, -0.2) is 0 Å². The van der Waals surface area contributed by atoms with Crippen molar-refractivity contribution in [2.24, 2.45) is 4.99 Å². The van der Waals surface area contributed by atoms with E-state index in [9.17, 15) is 0 Å². The Labute approximate surface area is 174 Å². The minimum atomic E-state index is 0. The molecule has 0 radical (unpaired) electrons. The van der Waals surface area contributed by atoms with Gasteiger partial charge < -0.3 is 15.4 Å². The van der Waals surface area contributed by atoms with Gasteiger partial charge in [0.1, 0.15) is 0 Å². The number of hydrogen-bond acceptors (Lipinski definition) is 4. The molecule has 0 aromatic heterocycles. The number of thioether (sulfide) groups is 1. The first kappa shape index (κ1) is 21.6. The average Bonchev–Trinajstić information content (AvgIpc) is 3.31. The Balaban J connectivity index is 0.00000225. The molecule has 3 aliphatic rings. The van der Waals surface area contributed by atoms with Gasteiger partial charge in [-0.15, -0.1) is 24.0 Å². The van der Waals surface area contributed by atoms with Crippen molar-refractivity contribution in [3.05, 3.63) is 0 Å². The Hall–Kier alpha value is 0.270. The van der Waals surface area contributed by atoms with E-state index in [2.05, 4.69) is 26.8 Å². The first-order valence-electron chi connectivity index (χ1n) is 9.58. The van der Waals surface area contributed by atoms with Crippen LogP contribution < -0.4 is 10.6 Å². The van der Waals surface area contributed by atoms with Gasteiger partial charge in [-0.1, -0.05) is 0 Å². The molecule has 0 bridgehead atoms. The third-order valence-corrected chi connectivity index (χ3v) is 7.16. The van der Waals surface area contributed by atoms with Gasteiger partial charge in [-0.05, 0) is 64.3 Å². The van der Waals surface area contributed by atoms with Crippen LogP contribution in [0.3, 0.4) is 0 Å². The Morgan fingerprint density at radius 2 is 1.96 bits per heavy atom. The fourth-order valence-electron chi connectivity index (χ4n) is 4.47. The Morgan fingerprint density at radius 3 is 2.56 bits per heavy atom. The second kappa shape index (κ2) is 10.6. The molecule has 2 unspecified atom stereocenters. The number of halogens is 1. The molecule has 3 fully saturated rings. The predicted octanol–water partition coefficient (Wildman–Crippen LogP) is 2.70. The van der Waals surface area contributed by atoms with Crippen molar-refractivity contribution in [3.63, 3.8) is 0 Å². The molecule has 5 nitrogen and oxygen atoms in total. The van der Waals surface area contributed by atoms with Crippen LogP contribution in [0.15, 0.2) is 4.99 Å². The maximum absolute atomic E-state index is 5.65. The summed E-state index contributed by atoms with van der Waals surface area (Å²) in [6.45, 7) is 5.25. The maximum atomic E-state index is 5.65. The van der Waals surface area contributed by atoms with Gasteiger partial charge in [0.15, 0.2) is 5.96 Å². The van der Waals surface area contributed by atoms with Crippen LogP contribution in [0, 0.1) is 0 Å². The highest BCUT2D eigenvalue weighted by molar-refractivity contribution is 14.0. The van der Waals surface area contributed by atoms with Gasteiger partial charge in [0.2, 0.25) is 0 Å². The molecular weight excluding hydrogens is 447 g/mol. The summed E-state index contributed by atoms with van der Waals surface area (Å²) in [7, 11) is 1.89. The smallest absolute Gasteiger partial charge is 0.191 e. The molecule has 2 aliphatic heterocycles. The predicted molar refractivity (Wildman–Crippen MR) is 118 cm³/mol. The number of hydrogen-bond donors (Lipinski definition) is 2. The molecule has 0 aromatic rings. The lowest BCUT2D eigenvalue weighted by Gasteiger charge is -2.45. The highest BCUT2D eigenvalue weighted by Gasteiger charge is 2.39. The van der Waals surface area contributed by atoms with E-state index in [4.69, 9.17) is 4.74 Å². The molecule has 2 atom stereocenters. The van der Waals surface area contributed by atoms with Crippen LogP contribution in [0.4, 0.5) is 0 Å². The summed E-state index contributed by atoms with van der Waals surface area (Å²) in [6.07, 6.45) is 11.0. The van der Waals surface area contributed by atoms with Crippen molar-refractivity contribution in [2.75, 3.05) is 46.2 Å². The Bertz CT molecular complexity index is 425. The minimum Gasteiger partial charge on any atom is -0.381 e. The summed E-state index contributed by atoms with van der Waals surface area (Å²) in [5, 5.41) is 8.12. The lowest BCUT2D eigenvalue weighted by molar-refractivity contribution is -0.0164. The van der Waals surface area contributed by atoms with Crippen molar-refractivity contribution >= 4 is 41.7 Å². The molecule has 0 amide bonds. The van der Waals surface area contributed by atoms with E-state index in [1.54, 1.807) is 0 Å². The minimum absolute atomic E-state index is 0. The maximum Gasteiger partial charge on any atom is 0.191 e. The third-order valence-electron chi connectivity index (χ3n) is 6.07. The molecule has 25 heavy (non-hydrogen) atoms. The van der Waals surface area contributed by atoms with Crippen molar-refractivity contribution in [1.82, 2.24) is 15.5 Å². The summed E-state index contributed by atoms with van der Waals surface area (Å²) in [4.78, 5) is 7.19. The van der Waals surface area contributed by atoms with E-state index in [1.807, 2.05) is 18.8 Å². The molecular formula is C18H35IN4OS. The zero-order valence-corrected chi connectivity index (χ0v) is 18.9. The third kappa shape index (κ3) is 5.62. The van der Waals surface area contributed by atoms with Crippen LogP contribution in [0.2, 0.25) is 0 Å². The largest absolute Gasteiger partial charge is 0.381 e. The Morgan fingerprint density at radius 1 is 1.24 bits per heavy atom. The van der Waals surface area contributed by atoms with Crippen LogP contribution >= 0.6 is 35.7 Å². The summed E-state index contributed by atoms with van der Waals surface area (Å²) in [5.74, 6) is 0.979. The number of ether oxygens (including phenoxy) is 1. The monoisotopic (exact) mass is 482 g/mol.